The zero-order valence-electron chi connectivity index (χ0n) is 21.4. The molecule has 0 amide bonds. The van der Waals surface area contributed by atoms with E-state index in [9.17, 15) is 5.11 Å². The predicted molar refractivity (Wildman–Crippen MR) is 140 cm³/mol. The summed E-state index contributed by atoms with van der Waals surface area (Å²) in [4.78, 5) is 2.32. The number of halogens is 1. The van der Waals surface area contributed by atoms with E-state index < -0.39 is 7.92 Å². The summed E-state index contributed by atoms with van der Waals surface area (Å²) in [5.41, 5.74) is 3.81. The van der Waals surface area contributed by atoms with Crippen molar-refractivity contribution in [2.75, 3.05) is 12.0 Å². The van der Waals surface area contributed by atoms with Crippen molar-refractivity contribution in [2.24, 2.45) is 11.3 Å². The molecule has 2 aromatic carbocycles. The molecule has 0 aliphatic heterocycles. The van der Waals surface area contributed by atoms with Crippen molar-refractivity contribution in [3.05, 3.63) is 73.8 Å². The monoisotopic (exact) mass is 577 g/mol. The standard InChI is InChI=1S/C29H39IO2P/c1-9-12-21-14-10-13-20(3)27(21)33(28-23(30-7)15-11-16-24(28)32-8)25-18-19(2)17-22(26(25)31)29(4,5)6/h10-11,13-16,18-19,31H,9,12,17H2,1-8H3/q-1. The van der Waals surface area contributed by atoms with Crippen LogP contribution in [0.4, 0.5) is 0 Å². The van der Waals surface area contributed by atoms with Gasteiger partial charge >= 0.3 is 213 Å². The second-order valence-electron chi connectivity index (χ2n) is 9.96. The maximum atomic E-state index is 11.8. The van der Waals surface area contributed by atoms with Gasteiger partial charge in [-0.25, -0.2) is 0 Å². The van der Waals surface area contributed by atoms with Crippen LogP contribution >= 0.6 is 7.92 Å². The Morgan fingerprint density at radius 2 is 1.82 bits per heavy atom. The molecule has 0 bridgehead atoms. The van der Waals surface area contributed by atoms with Gasteiger partial charge in [0.25, 0.3) is 0 Å². The number of aliphatic hydroxyl groups excluding tert-OH is 1. The molecule has 0 saturated heterocycles. The Hall–Kier alpha value is -1.32. The summed E-state index contributed by atoms with van der Waals surface area (Å²) in [7, 11) is 0.821. The number of hydrogen-bond donors (Lipinski definition) is 1. The Morgan fingerprint density at radius 1 is 1.12 bits per heavy atom. The maximum absolute atomic E-state index is 11.8. The van der Waals surface area contributed by atoms with Gasteiger partial charge in [0.2, 0.25) is 0 Å². The third-order valence-corrected chi connectivity index (χ3v) is 11.6. The summed E-state index contributed by atoms with van der Waals surface area (Å²) >= 11 is -0.160. The number of aliphatic hydroxyl groups is 1. The molecule has 3 rings (SSSR count). The SMILES string of the molecule is CCCc1cccc(C)c1P(C1=CC(C)CC(C(C)(C)C)=C1O)c1c(OC)cccc1[I-]C. The number of allylic oxidation sites excluding steroid dienone is 3. The summed E-state index contributed by atoms with van der Waals surface area (Å²) in [6.45, 7) is 13.4. The van der Waals surface area contributed by atoms with Gasteiger partial charge in [0.05, 0.1) is 0 Å². The van der Waals surface area contributed by atoms with Gasteiger partial charge in [-0.3, -0.25) is 0 Å². The van der Waals surface area contributed by atoms with Gasteiger partial charge in [-0.2, -0.15) is 0 Å². The number of aryl methyl sites for hydroxylation is 2. The number of hydrogen-bond acceptors (Lipinski definition) is 2. The molecule has 33 heavy (non-hydrogen) atoms. The van der Waals surface area contributed by atoms with Crippen molar-refractivity contribution >= 4 is 18.5 Å². The van der Waals surface area contributed by atoms with Crippen LogP contribution < -0.4 is 36.6 Å². The van der Waals surface area contributed by atoms with Crippen molar-refractivity contribution in [2.45, 2.75) is 60.8 Å². The van der Waals surface area contributed by atoms with E-state index in [1.165, 1.54) is 30.9 Å². The van der Waals surface area contributed by atoms with Crippen molar-refractivity contribution in [3.63, 3.8) is 0 Å². The van der Waals surface area contributed by atoms with Gasteiger partial charge in [0.15, 0.2) is 0 Å². The van der Waals surface area contributed by atoms with E-state index in [2.05, 4.69) is 88.9 Å². The van der Waals surface area contributed by atoms with E-state index in [1.54, 1.807) is 7.11 Å². The fourth-order valence-electron chi connectivity index (χ4n) is 4.72. The first-order chi connectivity index (χ1) is 15.6. The molecule has 0 heterocycles. The fourth-order valence-corrected chi connectivity index (χ4v) is 10.4. The quantitative estimate of drug-likeness (QED) is 0.306. The van der Waals surface area contributed by atoms with Gasteiger partial charge in [-0.15, -0.1) is 0 Å². The van der Waals surface area contributed by atoms with E-state index in [0.717, 1.165) is 30.3 Å². The molecule has 2 nitrogen and oxygen atoms in total. The van der Waals surface area contributed by atoms with E-state index in [1.807, 2.05) is 0 Å². The van der Waals surface area contributed by atoms with Crippen molar-refractivity contribution in [1.29, 1.82) is 0 Å². The minimum absolute atomic E-state index is 0.0713. The van der Waals surface area contributed by atoms with Crippen LogP contribution in [0.3, 0.4) is 0 Å². The van der Waals surface area contributed by atoms with Crippen molar-refractivity contribution < 1.29 is 31.0 Å². The summed E-state index contributed by atoms with van der Waals surface area (Å²) in [5.74, 6) is 1.86. The second-order valence-corrected chi connectivity index (χ2v) is 14.2. The van der Waals surface area contributed by atoms with Crippen LogP contribution in [0.5, 0.6) is 5.75 Å². The van der Waals surface area contributed by atoms with Crippen molar-refractivity contribution in [1.82, 2.24) is 0 Å². The normalized spacial score (nSPS) is 17.8. The summed E-state index contributed by atoms with van der Waals surface area (Å²) in [6.07, 6.45) is 5.41. The van der Waals surface area contributed by atoms with Gasteiger partial charge in [0.1, 0.15) is 0 Å². The molecule has 0 radical (unpaired) electrons. The molecule has 0 aromatic heterocycles. The molecule has 0 fully saturated rings. The predicted octanol–water partition coefficient (Wildman–Crippen LogP) is 4.06. The Kier molecular flexibility index (Phi) is 8.72. The molecule has 0 spiro atoms. The summed E-state index contributed by atoms with van der Waals surface area (Å²) in [5, 5.41) is 15.6. The Labute approximate surface area is 212 Å². The third-order valence-electron chi connectivity index (χ3n) is 6.30. The number of alkyl halides is 1. The van der Waals surface area contributed by atoms with Crippen LogP contribution in [0.1, 0.15) is 58.6 Å². The Balaban J connectivity index is 2.43. The average Bonchev–Trinajstić information content (AvgIpc) is 2.77. The van der Waals surface area contributed by atoms with Gasteiger partial charge in [0, 0.05) is 0 Å². The van der Waals surface area contributed by atoms with E-state index in [0.29, 0.717) is 11.7 Å². The summed E-state index contributed by atoms with van der Waals surface area (Å²) in [6, 6.07) is 13.2. The molecular formula is C29H39IO2P-. The molecule has 180 valence electrons. The zero-order valence-corrected chi connectivity index (χ0v) is 24.5. The van der Waals surface area contributed by atoms with E-state index in [4.69, 9.17) is 4.74 Å². The fraction of sp³-hybridized carbons (Fsp3) is 0.448. The Morgan fingerprint density at radius 3 is 2.42 bits per heavy atom. The summed E-state index contributed by atoms with van der Waals surface area (Å²) < 4.78 is 7.40. The second kappa shape index (κ2) is 11.0. The molecule has 4 heteroatoms. The minimum atomic E-state index is -0.959. The number of ether oxygens (including phenoxy) is 1. The molecule has 0 saturated carbocycles. The van der Waals surface area contributed by atoms with Gasteiger partial charge in [-0.05, 0) is 0 Å². The first-order valence-corrected chi connectivity index (χ1v) is 16.4. The number of benzene rings is 2. The van der Waals surface area contributed by atoms with Crippen LogP contribution in [-0.2, 0) is 6.42 Å². The first kappa shape index (κ1) is 26.3. The molecule has 2 aromatic rings. The number of rotatable bonds is 7. The van der Waals surface area contributed by atoms with Gasteiger partial charge < -0.3 is 0 Å². The molecule has 2 atom stereocenters. The molecule has 1 aliphatic carbocycles. The first-order valence-electron chi connectivity index (χ1n) is 11.8. The average molecular weight is 578 g/mol. The number of methoxy groups -OCH3 is 1. The topological polar surface area (TPSA) is 29.5 Å². The van der Waals surface area contributed by atoms with Crippen molar-refractivity contribution in [3.8, 4) is 5.75 Å². The van der Waals surface area contributed by atoms with E-state index >= 15 is 0 Å². The third kappa shape index (κ3) is 5.51. The molecule has 1 N–H and O–H groups in total. The molecule has 1 aliphatic rings. The zero-order chi connectivity index (χ0) is 24.3. The van der Waals surface area contributed by atoms with Crippen LogP contribution in [0.25, 0.3) is 0 Å². The van der Waals surface area contributed by atoms with Gasteiger partial charge in [-0.1, -0.05) is 0 Å². The van der Waals surface area contributed by atoms with Crippen LogP contribution in [-0.4, -0.2) is 17.1 Å². The molecular weight excluding hydrogens is 538 g/mol. The Bertz CT molecular complexity index is 1040. The van der Waals surface area contributed by atoms with Crippen LogP contribution in [0, 0.1) is 21.8 Å². The molecule has 2 unspecified atom stereocenters. The van der Waals surface area contributed by atoms with Crippen LogP contribution in [0.2, 0.25) is 0 Å². The van der Waals surface area contributed by atoms with Crippen LogP contribution in [0.15, 0.2) is 59.1 Å². The van der Waals surface area contributed by atoms with E-state index in [-0.39, 0.29) is 26.6 Å².